The normalized spacial score (nSPS) is 7.20. The third-order valence-electron chi connectivity index (χ3n) is 0.612. The fourth-order valence-electron chi connectivity index (χ4n) is 0.408. The van der Waals surface area contributed by atoms with Crippen LogP contribution in [0.5, 0.6) is 0 Å². The van der Waals surface area contributed by atoms with Gasteiger partial charge in [-0.1, -0.05) is 48.5 Å². The Morgan fingerprint density at radius 1 is 1.00 bits per heavy atom. The minimum absolute atomic E-state index is 0.648. The largest absolute Gasteiger partial charge is 0.315 e. The van der Waals surface area contributed by atoms with E-state index in [-0.39, 0.29) is 0 Å². The van der Waals surface area contributed by atoms with Crippen molar-refractivity contribution >= 4 is 0 Å². The van der Waals surface area contributed by atoms with Gasteiger partial charge in [-0.25, -0.2) is 0 Å². The Hall–Kier alpha value is -0.0400. The molecular weight excluding hydrogens is 122 g/mol. The van der Waals surface area contributed by atoms with Crippen molar-refractivity contribution < 1.29 is 0 Å². The predicted octanol–water partition coefficient (Wildman–Crippen LogP) is 3.06. The molecule has 0 saturated heterocycles. The van der Waals surface area contributed by atoms with Gasteiger partial charge in [0.05, 0.1) is 0 Å². The molecule has 10 heavy (non-hydrogen) atoms. The van der Waals surface area contributed by atoms with Crippen molar-refractivity contribution in [1.29, 1.82) is 0 Å². The monoisotopic (exact) mass is 147 g/mol. The molecule has 1 nitrogen and oxygen atoms in total. The SMILES string of the molecule is CC.CC.CCNC(C)C. The lowest BCUT2D eigenvalue weighted by molar-refractivity contribution is 0.613. The third-order valence-corrected chi connectivity index (χ3v) is 0.612. The molecule has 0 radical (unpaired) electrons. The Morgan fingerprint density at radius 3 is 1.30 bits per heavy atom. The van der Waals surface area contributed by atoms with Crippen LogP contribution in [0.2, 0.25) is 0 Å². The quantitative estimate of drug-likeness (QED) is 0.633. The second-order valence-corrected chi connectivity index (χ2v) is 1.71. The van der Waals surface area contributed by atoms with Gasteiger partial charge in [0, 0.05) is 6.04 Å². The Morgan fingerprint density at radius 2 is 1.30 bits per heavy atom. The molecule has 0 aliphatic carbocycles. The van der Waals surface area contributed by atoms with Gasteiger partial charge in [0.1, 0.15) is 0 Å². The van der Waals surface area contributed by atoms with Crippen LogP contribution in [-0.4, -0.2) is 12.6 Å². The Bertz CT molecular complexity index is 25.9. The highest BCUT2D eigenvalue weighted by Crippen LogP contribution is 1.70. The zero-order valence-corrected chi connectivity index (χ0v) is 8.78. The first-order valence-electron chi connectivity index (χ1n) is 4.50. The fourth-order valence-corrected chi connectivity index (χ4v) is 0.408. The maximum atomic E-state index is 3.21. The minimum atomic E-state index is 0.648. The molecule has 0 aliphatic heterocycles. The van der Waals surface area contributed by atoms with Crippen LogP contribution in [0, 0.1) is 0 Å². The first kappa shape index (κ1) is 16.5. The molecule has 0 heterocycles. The van der Waals surface area contributed by atoms with E-state index < -0.39 is 0 Å². The Labute approximate surface area is 67.2 Å². The van der Waals surface area contributed by atoms with Crippen LogP contribution in [0.25, 0.3) is 0 Å². The van der Waals surface area contributed by atoms with Crippen molar-refractivity contribution in [1.82, 2.24) is 5.32 Å². The first-order valence-corrected chi connectivity index (χ1v) is 4.50. The van der Waals surface area contributed by atoms with Gasteiger partial charge in [0.15, 0.2) is 0 Å². The molecule has 1 heteroatoms. The minimum Gasteiger partial charge on any atom is -0.315 e. The van der Waals surface area contributed by atoms with E-state index in [9.17, 15) is 0 Å². The van der Waals surface area contributed by atoms with Crippen molar-refractivity contribution in [2.45, 2.75) is 54.5 Å². The zero-order valence-electron chi connectivity index (χ0n) is 8.78. The van der Waals surface area contributed by atoms with E-state index in [1.807, 2.05) is 27.7 Å². The summed E-state index contributed by atoms with van der Waals surface area (Å²) in [7, 11) is 0. The summed E-state index contributed by atoms with van der Waals surface area (Å²) in [6.45, 7) is 15.5. The van der Waals surface area contributed by atoms with Crippen LogP contribution >= 0.6 is 0 Å². The highest BCUT2D eigenvalue weighted by atomic mass is 14.9. The van der Waals surface area contributed by atoms with E-state index in [1.165, 1.54) is 0 Å². The van der Waals surface area contributed by atoms with Crippen LogP contribution in [0.1, 0.15) is 48.5 Å². The molecule has 0 aromatic heterocycles. The predicted molar refractivity (Wildman–Crippen MR) is 51.5 cm³/mol. The lowest BCUT2D eigenvalue weighted by Crippen LogP contribution is -2.21. The summed E-state index contributed by atoms with van der Waals surface area (Å²) in [6, 6.07) is 0.648. The highest BCUT2D eigenvalue weighted by Gasteiger charge is 1.82. The standard InChI is InChI=1S/C5H13N.2C2H6/c1-4-6-5(2)3;2*1-2/h5-6H,4H2,1-3H3;2*1-2H3. The smallest absolute Gasteiger partial charge is 0.00102 e. The van der Waals surface area contributed by atoms with Crippen molar-refractivity contribution in [3.05, 3.63) is 0 Å². The number of rotatable bonds is 2. The average Bonchev–Trinajstić information content (AvgIpc) is 1.96. The second-order valence-electron chi connectivity index (χ2n) is 1.71. The Kier molecular flexibility index (Phi) is 38.1. The molecule has 0 amide bonds. The average molecular weight is 147 g/mol. The molecule has 66 valence electrons. The second kappa shape index (κ2) is 23.1. The molecule has 0 unspecified atom stereocenters. The van der Waals surface area contributed by atoms with Gasteiger partial charge in [-0.3, -0.25) is 0 Å². The summed E-state index contributed by atoms with van der Waals surface area (Å²) in [4.78, 5) is 0. The molecule has 1 N–H and O–H groups in total. The molecule has 0 atom stereocenters. The lowest BCUT2D eigenvalue weighted by atomic mass is 10.4. The van der Waals surface area contributed by atoms with Gasteiger partial charge in [-0.2, -0.15) is 0 Å². The van der Waals surface area contributed by atoms with Gasteiger partial charge in [-0.05, 0) is 6.54 Å². The summed E-state index contributed by atoms with van der Waals surface area (Å²) in [5.41, 5.74) is 0. The van der Waals surface area contributed by atoms with E-state index in [1.54, 1.807) is 0 Å². The molecule has 0 rings (SSSR count). The van der Waals surface area contributed by atoms with E-state index >= 15 is 0 Å². The van der Waals surface area contributed by atoms with Crippen LogP contribution in [0.3, 0.4) is 0 Å². The summed E-state index contributed by atoms with van der Waals surface area (Å²) >= 11 is 0. The molecule has 0 aliphatic rings. The number of hydrogen-bond donors (Lipinski definition) is 1. The summed E-state index contributed by atoms with van der Waals surface area (Å²) in [6.07, 6.45) is 0. The van der Waals surface area contributed by atoms with Crippen LogP contribution in [0.15, 0.2) is 0 Å². The molecular formula is C9H25N. The van der Waals surface area contributed by atoms with Gasteiger partial charge in [0.25, 0.3) is 0 Å². The molecule has 0 fully saturated rings. The van der Waals surface area contributed by atoms with E-state index in [0.717, 1.165) is 6.54 Å². The van der Waals surface area contributed by atoms with E-state index in [0.29, 0.717) is 6.04 Å². The van der Waals surface area contributed by atoms with Gasteiger partial charge in [0.2, 0.25) is 0 Å². The summed E-state index contributed by atoms with van der Waals surface area (Å²) in [5, 5.41) is 3.21. The van der Waals surface area contributed by atoms with Crippen molar-refractivity contribution in [3.63, 3.8) is 0 Å². The molecule has 0 bridgehead atoms. The zero-order chi connectivity index (χ0) is 8.99. The maximum Gasteiger partial charge on any atom is 0.00102 e. The summed E-state index contributed by atoms with van der Waals surface area (Å²) < 4.78 is 0. The van der Waals surface area contributed by atoms with Crippen molar-refractivity contribution in [2.24, 2.45) is 0 Å². The van der Waals surface area contributed by atoms with Crippen LogP contribution < -0.4 is 5.32 Å². The third kappa shape index (κ3) is 44.0. The maximum absolute atomic E-state index is 3.21. The fraction of sp³-hybridized carbons (Fsp3) is 1.00. The van der Waals surface area contributed by atoms with Crippen LogP contribution in [0.4, 0.5) is 0 Å². The number of nitrogens with one attached hydrogen (secondary N) is 1. The van der Waals surface area contributed by atoms with Gasteiger partial charge < -0.3 is 5.32 Å². The van der Waals surface area contributed by atoms with Crippen molar-refractivity contribution in [2.75, 3.05) is 6.54 Å². The molecule has 0 aromatic rings. The topological polar surface area (TPSA) is 12.0 Å². The molecule has 0 spiro atoms. The Balaban J connectivity index is -0.000000105. The van der Waals surface area contributed by atoms with E-state index in [4.69, 9.17) is 0 Å². The first-order chi connectivity index (χ1) is 4.77. The van der Waals surface area contributed by atoms with Crippen LogP contribution in [-0.2, 0) is 0 Å². The highest BCUT2D eigenvalue weighted by molar-refractivity contribution is 4.46. The van der Waals surface area contributed by atoms with Crippen molar-refractivity contribution in [3.8, 4) is 0 Å². The van der Waals surface area contributed by atoms with Gasteiger partial charge >= 0.3 is 0 Å². The number of hydrogen-bond acceptors (Lipinski definition) is 1. The summed E-state index contributed by atoms with van der Waals surface area (Å²) in [5.74, 6) is 0. The van der Waals surface area contributed by atoms with E-state index in [2.05, 4.69) is 26.1 Å². The lowest BCUT2D eigenvalue weighted by Gasteiger charge is -2.00. The molecule has 0 aromatic carbocycles. The molecule has 0 saturated carbocycles. The van der Waals surface area contributed by atoms with Gasteiger partial charge in [-0.15, -0.1) is 0 Å².